The molecule has 1 aromatic rings. The SMILES string of the molecule is CC(CSc1ccc([N+](=O)[O-])cc1)/C(N)=N/O. The normalized spacial score (nSPS) is 13.4. The van der Waals surface area contributed by atoms with Crippen molar-refractivity contribution in [3.8, 4) is 0 Å². The first-order valence-corrected chi connectivity index (χ1v) is 5.88. The number of nitrogens with zero attached hydrogens (tertiary/aromatic N) is 2. The van der Waals surface area contributed by atoms with Gasteiger partial charge in [0, 0.05) is 28.7 Å². The minimum atomic E-state index is -0.437. The van der Waals surface area contributed by atoms with Gasteiger partial charge in [0.05, 0.1) is 4.92 Å². The average molecular weight is 255 g/mol. The summed E-state index contributed by atoms with van der Waals surface area (Å²) < 4.78 is 0. The van der Waals surface area contributed by atoms with Crippen LogP contribution in [0.5, 0.6) is 0 Å². The third-order valence-electron chi connectivity index (χ3n) is 2.17. The largest absolute Gasteiger partial charge is 0.409 e. The van der Waals surface area contributed by atoms with E-state index in [4.69, 9.17) is 10.9 Å². The highest BCUT2D eigenvalue weighted by molar-refractivity contribution is 7.99. The van der Waals surface area contributed by atoms with Gasteiger partial charge < -0.3 is 10.9 Å². The molecule has 92 valence electrons. The number of nitro groups is 1. The van der Waals surface area contributed by atoms with E-state index < -0.39 is 4.92 Å². The minimum Gasteiger partial charge on any atom is -0.409 e. The van der Waals surface area contributed by atoms with Gasteiger partial charge in [-0.15, -0.1) is 11.8 Å². The molecule has 0 aliphatic heterocycles. The Balaban J connectivity index is 2.56. The molecule has 0 spiro atoms. The van der Waals surface area contributed by atoms with Crippen LogP contribution in [0.4, 0.5) is 5.69 Å². The van der Waals surface area contributed by atoms with E-state index in [9.17, 15) is 10.1 Å². The van der Waals surface area contributed by atoms with Crippen LogP contribution >= 0.6 is 11.8 Å². The quantitative estimate of drug-likeness (QED) is 0.209. The molecular weight excluding hydrogens is 242 g/mol. The molecule has 0 amide bonds. The first-order chi connectivity index (χ1) is 8.04. The Hall–Kier alpha value is -1.76. The summed E-state index contributed by atoms with van der Waals surface area (Å²) in [5.41, 5.74) is 5.51. The average Bonchev–Trinajstić information content (AvgIpc) is 2.35. The van der Waals surface area contributed by atoms with Crippen molar-refractivity contribution >= 4 is 23.3 Å². The Morgan fingerprint density at radius 3 is 2.65 bits per heavy atom. The Bertz CT molecular complexity index is 419. The van der Waals surface area contributed by atoms with Crippen molar-refractivity contribution in [3.63, 3.8) is 0 Å². The summed E-state index contributed by atoms with van der Waals surface area (Å²) in [4.78, 5) is 10.9. The molecular formula is C10H13N3O3S. The molecule has 1 rings (SSSR count). The first kappa shape index (κ1) is 13.3. The van der Waals surface area contributed by atoms with Gasteiger partial charge in [0.2, 0.25) is 0 Å². The van der Waals surface area contributed by atoms with Gasteiger partial charge >= 0.3 is 0 Å². The number of nitrogens with two attached hydrogens (primary N) is 1. The monoisotopic (exact) mass is 255 g/mol. The van der Waals surface area contributed by atoms with E-state index in [1.165, 1.54) is 23.9 Å². The predicted octanol–water partition coefficient (Wildman–Crippen LogP) is 2.07. The molecule has 1 atom stereocenters. The van der Waals surface area contributed by atoms with Crippen LogP contribution in [0.25, 0.3) is 0 Å². The summed E-state index contributed by atoms with van der Waals surface area (Å²) in [5, 5.41) is 21.9. The van der Waals surface area contributed by atoms with Crippen LogP contribution in [-0.4, -0.2) is 21.7 Å². The van der Waals surface area contributed by atoms with E-state index in [0.29, 0.717) is 5.75 Å². The van der Waals surface area contributed by atoms with Gasteiger partial charge in [-0.1, -0.05) is 12.1 Å². The Morgan fingerprint density at radius 2 is 2.18 bits per heavy atom. The van der Waals surface area contributed by atoms with Crippen molar-refractivity contribution in [3.05, 3.63) is 34.4 Å². The van der Waals surface area contributed by atoms with E-state index in [0.717, 1.165) is 4.90 Å². The van der Waals surface area contributed by atoms with Crippen LogP contribution in [-0.2, 0) is 0 Å². The summed E-state index contributed by atoms with van der Waals surface area (Å²) in [7, 11) is 0. The third-order valence-corrected chi connectivity index (χ3v) is 3.44. The summed E-state index contributed by atoms with van der Waals surface area (Å²) in [6, 6.07) is 6.27. The van der Waals surface area contributed by atoms with Crippen molar-refractivity contribution < 1.29 is 10.1 Å². The highest BCUT2D eigenvalue weighted by Gasteiger charge is 2.09. The van der Waals surface area contributed by atoms with E-state index in [1.54, 1.807) is 12.1 Å². The maximum absolute atomic E-state index is 10.4. The summed E-state index contributed by atoms with van der Waals surface area (Å²) in [6.45, 7) is 1.84. The van der Waals surface area contributed by atoms with Gasteiger partial charge in [-0.2, -0.15) is 0 Å². The third kappa shape index (κ3) is 3.95. The van der Waals surface area contributed by atoms with Crippen LogP contribution in [0.3, 0.4) is 0 Å². The fourth-order valence-corrected chi connectivity index (χ4v) is 2.01. The molecule has 0 aromatic heterocycles. The first-order valence-electron chi connectivity index (χ1n) is 4.89. The molecule has 6 nitrogen and oxygen atoms in total. The molecule has 0 heterocycles. The maximum atomic E-state index is 10.4. The molecule has 0 saturated carbocycles. The molecule has 7 heteroatoms. The lowest BCUT2D eigenvalue weighted by Crippen LogP contribution is -2.22. The van der Waals surface area contributed by atoms with Crippen LogP contribution in [0.15, 0.2) is 34.3 Å². The lowest BCUT2D eigenvalue weighted by Gasteiger charge is -2.08. The highest BCUT2D eigenvalue weighted by atomic mass is 32.2. The van der Waals surface area contributed by atoms with E-state index >= 15 is 0 Å². The standard InChI is InChI=1S/C10H13N3O3S/c1-7(10(11)12-14)6-17-9-4-2-8(3-5-9)13(15)16/h2-5,7,14H,6H2,1H3,(H2,11,12). The number of oxime groups is 1. The molecule has 1 unspecified atom stereocenters. The molecule has 0 fully saturated rings. The lowest BCUT2D eigenvalue weighted by molar-refractivity contribution is -0.384. The predicted molar refractivity (Wildman–Crippen MR) is 66.4 cm³/mol. The van der Waals surface area contributed by atoms with Gasteiger partial charge in [0.1, 0.15) is 5.84 Å². The van der Waals surface area contributed by atoms with E-state index in [2.05, 4.69) is 5.16 Å². The zero-order chi connectivity index (χ0) is 12.8. The van der Waals surface area contributed by atoms with Crippen LogP contribution < -0.4 is 5.73 Å². The number of nitro benzene ring substituents is 1. The Morgan fingerprint density at radius 1 is 1.59 bits per heavy atom. The van der Waals surface area contributed by atoms with Crippen molar-refractivity contribution in [1.82, 2.24) is 0 Å². The number of hydrogen-bond donors (Lipinski definition) is 2. The second-order valence-electron chi connectivity index (χ2n) is 3.49. The number of benzene rings is 1. The van der Waals surface area contributed by atoms with Crippen LogP contribution in [0.2, 0.25) is 0 Å². The van der Waals surface area contributed by atoms with Crippen molar-refractivity contribution in [1.29, 1.82) is 0 Å². The van der Waals surface area contributed by atoms with Crippen molar-refractivity contribution in [2.75, 3.05) is 5.75 Å². The minimum absolute atomic E-state index is 0.0554. The summed E-state index contributed by atoms with van der Waals surface area (Å²) in [6.07, 6.45) is 0. The molecule has 0 aliphatic rings. The number of hydrogen-bond acceptors (Lipinski definition) is 5. The number of non-ortho nitro benzene ring substituents is 1. The molecule has 17 heavy (non-hydrogen) atoms. The van der Waals surface area contributed by atoms with Gasteiger partial charge in [0.25, 0.3) is 5.69 Å². The molecule has 0 saturated heterocycles. The summed E-state index contributed by atoms with van der Waals surface area (Å²) >= 11 is 1.50. The van der Waals surface area contributed by atoms with Crippen LogP contribution in [0.1, 0.15) is 6.92 Å². The zero-order valence-electron chi connectivity index (χ0n) is 9.24. The number of thioether (sulfide) groups is 1. The molecule has 1 aromatic carbocycles. The van der Waals surface area contributed by atoms with Crippen molar-refractivity contribution in [2.45, 2.75) is 11.8 Å². The smallest absolute Gasteiger partial charge is 0.269 e. The highest BCUT2D eigenvalue weighted by Crippen LogP contribution is 2.23. The van der Waals surface area contributed by atoms with Gasteiger partial charge in [-0.05, 0) is 12.1 Å². The van der Waals surface area contributed by atoms with E-state index in [1.807, 2.05) is 6.92 Å². The van der Waals surface area contributed by atoms with Crippen molar-refractivity contribution in [2.24, 2.45) is 16.8 Å². The molecule has 0 radical (unpaired) electrons. The second-order valence-corrected chi connectivity index (χ2v) is 4.58. The summed E-state index contributed by atoms with van der Waals surface area (Å²) in [5.74, 6) is 0.771. The van der Waals surface area contributed by atoms with Crippen LogP contribution in [0, 0.1) is 16.0 Å². The maximum Gasteiger partial charge on any atom is 0.269 e. The molecule has 0 bridgehead atoms. The Labute approximate surface area is 103 Å². The number of amidine groups is 1. The zero-order valence-corrected chi connectivity index (χ0v) is 10.1. The fourth-order valence-electron chi connectivity index (χ4n) is 1.07. The molecule has 0 aliphatic carbocycles. The second kappa shape index (κ2) is 6.09. The Kier molecular flexibility index (Phi) is 4.77. The van der Waals surface area contributed by atoms with Gasteiger partial charge in [-0.25, -0.2) is 0 Å². The van der Waals surface area contributed by atoms with Gasteiger partial charge in [0.15, 0.2) is 0 Å². The van der Waals surface area contributed by atoms with Gasteiger partial charge in [-0.3, -0.25) is 10.1 Å². The number of rotatable bonds is 5. The fraction of sp³-hybridized carbons (Fsp3) is 0.300. The topological polar surface area (TPSA) is 102 Å². The lowest BCUT2D eigenvalue weighted by atomic mass is 10.2. The molecule has 3 N–H and O–H groups in total. The van der Waals surface area contributed by atoms with E-state index in [-0.39, 0.29) is 17.4 Å².